The van der Waals surface area contributed by atoms with E-state index in [2.05, 4.69) is 15.4 Å². The molecule has 128 valence electrons. The first-order valence-corrected chi connectivity index (χ1v) is 7.70. The van der Waals surface area contributed by atoms with Crippen molar-refractivity contribution < 1.29 is 18.3 Å². The maximum absolute atomic E-state index is 12.1. The molecule has 0 radical (unpaired) electrons. The molecule has 24 heavy (non-hydrogen) atoms. The van der Waals surface area contributed by atoms with E-state index < -0.39 is 6.61 Å². The third-order valence-corrected chi connectivity index (χ3v) is 3.44. The Hall–Kier alpha value is -2.41. The van der Waals surface area contributed by atoms with E-state index in [1.165, 1.54) is 12.1 Å². The van der Waals surface area contributed by atoms with Gasteiger partial charge in [0.05, 0.1) is 7.11 Å². The van der Waals surface area contributed by atoms with Gasteiger partial charge in [-0.3, -0.25) is 0 Å². The van der Waals surface area contributed by atoms with Gasteiger partial charge in [0.1, 0.15) is 11.5 Å². The number of halogens is 2. The van der Waals surface area contributed by atoms with Gasteiger partial charge in [-0.15, -0.1) is 0 Å². The van der Waals surface area contributed by atoms with Crippen LogP contribution in [-0.4, -0.2) is 25.4 Å². The minimum absolute atomic E-state index is 0.151. The third kappa shape index (κ3) is 6.00. The van der Waals surface area contributed by atoms with Crippen LogP contribution in [0.3, 0.4) is 0 Å². The van der Waals surface area contributed by atoms with Gasteiger partial charge in [0.25, 0.3) is 0 Å². The molecule has 0 saturated heterocycles. The first kappa shape index (κ1) is 17.9. The Morgan fingerprint density at radius 2 is 1.67 bits per heavy atom. The zero-order valence-electron chi connectivity index (χ0n) is 13.1. The lowest BCUT2D eigenvalue weighted by atomic mass is 10.1. The van der Waals surface area contributed by atoms with Crippen LogP contribution in [0.5, 0.6) is 11.5 Å². The first-order chi connectivity index (χ1) is 11.6. The quantitative estimate of drug-likeness (QED) is 0.742. The summed E-state index contributed by atoms with van der Waals surface area (Å²) in [6.45, 7) is -2.18. The molecule has 0 heterocycles. The molecule has 2 rings (SSSR count). The zero-order valence-corrected chi connectivity index (χ0v) is 13.9. The molecule has 0 bridgehead atoms. The lowest BCUT2D eigenvalue weighted by molar-refractivity contribution is -0.0498. The van der Waals surface area contributed by atoms with Crippen molar-refractivity contribution in [3.8, 4) is 11.5 Å². The Morgan fingerprint density at radius 1 is 1.04 bits per heavy atom. The highest BCUT2D eigenvalue weighted by molar-refractivity contribution is 7.80. The van der Waals surface area contributed by atoms with Crippen LogP contribution in [0.4, 0.5) is 14.5 Å². The Kier molecular flexibility index (Phi) is 6.74. The number of methoxy groups -OCH3 is 1. The maximum Gasteiger partial charge on any atom is 0.387 e. The van der Waals surface area contributed by atoms with Crippen LogP contribution in [0.2, 0.25) is 0 Å². The number of alkyl halides is 2. The molecule has 4 nitrogen and oxygen atoms in total. The van der Waals surface area contributed by atoms with Gasteiger partial charge in [-0.05, 0) is 60.6 Å². The number of hydrogen-bond acceptors (Lipinski definition) is 3. The van der Waals surface area contributed by atoms with Gasteiger partial charge in [-0.25, -0.2) is 0 Å². The van der Waals surface area contributed by atoms with E-state index in [-0.39, 0.29) is 5.75 Å². The lowest BCUT2D eigenvalue weighted by Gasteiger charge is -2.11. The summed E-state index contributed by atoms with van der Waals surface area (Å²) < 4.78 is 33.5. The monoisotopic (exact) mass is 352 g/mol. The molecular weight excluding hydrogens is 334 g/mol. The molecule has 0 saturated carbocycles. The summed E-state index contributed by atoms with van der Waals surface area (Å²) in [5.74, 6) is 0.928. The SMILES string of the molecule is COc1ccc(NC(=S)NCCc2ccc(OC(F)F)cc2)cc1. The fourth-order valence-corrected chi connectivity index (χ4v) is 2.23. The van der Waals surface area contributed by atoms with Crippen molar-refractivity contribution in [1.29, 1.82) is 0 Å². The highest BCUT2D eigenvalue weighted by Crippen LogP contribution is 2.16. The molecule has 0 aromatic heterocycles. The van der Waals surface area contributed by atoms with Crippen molar-refractivity contribution in [3.05, 3.63) is 54.1 Å². The minimum Gasteiger partial charge on any atom is -0.497 e. The van der Waals surface area contributed by atoms with Crippen LogP contribution in [0, 0.1) is 0 Å². The van der Waals surface area contributed by atoms with E-state index in [1.807, 2.05) is 24.3 Å². The highest BCUT2D eigenvalue weighted by Gasteiger charge is 2.04. The molecule has 2 N–H and O–H groups in total. The molecule has 7 heteroatoms. The third-order valence-electron chi connectivity index (χ3n) is 3.20. The molecule has 2 aromatic rings. The summed E-state index contributed by atoms with van der Waals surface area (Å²) in [4.78, 5) is 0. The molecule has 0 fully saturated rings. The predicted molar refractivity (Wildman–Crippen MR) is 94.0 cm³/mol. The average Bonchev–Trinajstić information content (AvgIpc) is 2.57. The summed E-state index contributed by atoms with van der Waals surface area (Å²) in [5.41, 5.74) is 1.86. The van der Waals surface area contributed by atoms with Crippen LogP contribution in [0.1, 0.15) is 5.56 Å². The summed E-state index contributed by atoms with van der Waals surface area (Å²) in [5, 5.41) is 6.68. The smallest absolute Gasteiger partial charge is 0.387 e. The molecule has 0 atom stereocenters. The van der Waals surface area contributed by atoms with Crippen molar-refractivity contribution in [2.24, 2.45) is 0 Å². The van der Waals surface area contributed by atoms with E-state index in [0.717, 1.165) is 17.0 Å². The van der Waals surface area contributed by atoms with E-state index >= 15 is 0 Å². The molecule has 0 unspecified atom stereocenters. The van der Waals surface area contributed by atoms with Crippen LogP contribution >= 0.6 is 12.2 Å². The standard InChI is InChI=1S/C17H18F2N2O2S/c1-22-14-8-4-13(5-9-14)21-17(24)20-11-10-12-2-6-15(7-3-12)23-16(18)19/h2-9,16H,10-11H2,1H3,(H2,20,21,24). The largest absolute Gasteiger partial charge is 0.497 e. The number of hydrogen-bond donors (Lipinski definition) is 2. The normalized spacial score (nSPS) is 10.3. The first-order valence-electron chi connectivity index (χ1n) is 7.29. The van der Waals surface area contributed by atoms with Crippen molar-refractivity contribution in [2.45, 2.75) is 13.0 Å². The van der Waals surface area contributed by atoms with Crippen molar-refractivity contribution in [3.63, 3.8) is 0 Å². The van der Waals surface area contributed by atoms with Gasteiger partial charge in [-0.1, -0.05) is 12.1 Å². The number of rotatable bonds is 7. The zero-order chi connectivity index (χ0) is 17.4. The highest BCUT2D eigenvalue weighted by atomic mass is 32.1. The van der Waals surface area contributed by atoms with Crippen LogP contribution < -0.4 is 20.1 Å². The van der Waals surface area contributed by atoms with Gasteiger partial charge in [0, 0.05) is 12.2 Å². The molecule has 0 spiro atoms. The van der Waals surface area contributed by atoms with Crippen molar-refractivity contribution in [1.82, 2.24) is 5.32 Å². The topological polar surface area (TPSA) is 42.5 Å². The lowest BCUT2D eigenvalue weighted by Crippen LogP contribution is -2.30. The second-order valence-electron chi connectivity index (χ2n) is 4.88. The Labute approximate surface area is 144 Å². The van der Waals surface area contributed by atoms with Gasteiger partial charge >= 0.3 is 6.61 Å². The predicted octanol–water partition coefficient (Wildman–Crippen LogP) is 3.83. The van der Waals surface area contributed by atoms with Crippen LogP contribution in [0.25, 0.3) is 0 Å². The number of thiocarbonyl (C=S) groups is 1. The molecule has 0 aliphatic rings. The fraction of sp³-hybridized carbons (Fsp3) is 0.235. The molecule has 0 aliphatic heterocycles. The number of benzene rings is 2. The number of anilines is 1. The van der Waals surface area contributed by atoms with Crippen molar-refractivity contribution >= 4 is 23.0 Å². The second-order valence-corrected chi connectivity index (χ2v) is 5.29. The second kappa shape index (κ2) is 9.02. The molecule has 0 amide bonds. The van der Waals surface area contributed by atoms with Gasteiger partial charge in [0.15, 0.2) is 5.11 Å². The number of nitrogens with one attached hydrogen (secondary N) is 2. The summed E-state index contributed by atoms with van der Waals surface area (Å²) in [6, 6.07) is 14.0. The van der Waals surface area contributed by atoms with E-state index in [4.69, 9.17) is 17.0 Å². The van der Waals surface area contributed by atoms with Gasteiger partial charge in [-0.2, -0.15) is 8.78 Å². The van der Waals surface area contributed by atoms with E-state index in [0.29, 0.717) is 18.1 Å². The summed E-state index contributed by atoms with van der Waals surface area (Å²) >= 11 is 5.22. The Bertz CT molecular complexity index is 649. The Morgan fingerprint density at radius 3 is 2.25 bits per heavy atom. The fourth-order valence-electron chi connectivity index (χ4n) is 2.01. The van der Waals surface area contributed by atoms with Gasteiger partial charge < -0.3 is 20.1 Å². The number of ether oxygens (including phenoxy) is 2. The minimum atomic E-state index is -2.81. The maximum atomic E-state index is 12.1. The van der Waals surface area contributed by atoms with Crippen molar-refractivity contribution in [2.75, 3.05) is 19.0 Å². The molecule has 0 aliphatic carbocycles. The van der Waals surface area contributed by atoms with E-state index in [1.54, 1.807) is 19.2 Å². The van der Waals surface area contributed by atoms with Crippen LogP contribution in [0.15, 0.2) is 48.5 Å². The summed E-state index contributed by atoms with van der Waals surface area (Å²) in [6.07, 6.45) is 0.708. The molecular formula is C17H18F2N2O2S. The van der Waals surface area contributed by atoms with Gasteiger partial charge in [0.2, 0.25) is 0 Å². The van der Waals surface area contributed by atoms with Crippen LogP contribution in [-0.2, 0) is 6.42 Å². The van der Waals surface area contributed by atoms with E-state index in [9.17, 15) is 8.78 Å². The molecule has 2 aromatic carbocycles. The average molecular weight is 352 g/mol. The Balaban J connectivity index is 1.73. The summed E-state index contributed by atoms with van der Waals surface area (Å²) in [7, 11) is 1.61.